The molecular weight excluding hydrogens is 183 g/mol. The maximum Gasteiger partial charge on any atom is 0.128 e. The van der Waals surface area contributed by atoms with Crippen LogP contribution in [0.15, 0.2) is 18.2 Å². The summed E-state index contributed by atoms with van der Waals surface area (Å²) in [5, 5.41) is 0.981. The molecule has 11 heavy (non-hydrogen) atoms. The second-order valence-corrected chi connectivity index (χ2v) is 2.75. The minimum Gasteiger partial charge on any atom is -0.303 e. The van der Waals surface area contributed by atoms with Crippen LogP contribution in [0.3, 0.4) is 0 Å². The Balaban J connectivity index is 3.09. The summed E-state index contributed by atoms with van der Waals surface area (Å²) in [6, 6.07) is 5.10. The van der Waals surface area contributed by atoms with Crippen LogP contribution in [-0.4, -0.2) is 6.29 Å². The number of benzene rings is 1. The topological polar surface area (TPSA) is 17.1 Å². The van der Waals surface area contributed by atoms with Crippen LogP contribution < -0.4 is 0 Å². The van der Waals surface area contributed by atoms with Crippen LogP contribution in [-0.2, 0) is 4.79 Å². The van der Waals surface area contributed by atoms with E-state index in [-0.39, 0.29) is 0 Å². The maximum absolute atomic E-state index is 10.1. The third kappa shape index (κ3) is 1.95. The van der Waals surface area contributed by atoms with Gasteiger partial charge in [-0.15, -0.1) is 0 Å². The first-order valence-corrected chi connectivity index (χ1v) is 3.74. The third-order valence-electron chi connectivity index (χ3n) is 1.23. The number of aldehydes is 1. The molecule has 3 heteroatoms. The number of hydrogen-bond donors (Lipinski definition) is 0. The van der Waals surface area contributed by atoms with E-state index in [1.807, 2.05) is 0 Å². The molecule has 0 spiro atoms. The van der Waals surface area contributed by atoms with Gasteiger partial charge in [-0.2, -0.15) is 0 Å². The maximum atomic E-state index is 10.1. The molecule has 0 unspecified atom stereocenters. The van der Waals surface area contributed by atoms with Crippen molar-refractivity contribution in [1.29, 1.82) is 0 Å². The van der Waals surface area contributed by atoms with Crippen LogP contribution in [0, 0.1) is 6.42 Å². The molecule has 0 bridgehead atoms. The van der Waals surface area contributed by atoms with E-state index >= 15 is 0 Å². The molecule has 0 amide bonds. The molecular formula is C8H5Cl2O. The Kier molecular flexibility index (Phi) is 2.92. The summed E-state index contributed by atoms with van der Waals surface area (Å²) in [6.45, 7) is 0. The van der Waals surface area contributed by atoms with Crippen molar-refractivity contribution in [1.82, 2.24) is 0 Å². The van der Waals surface area contributed by atoms with Crippen molar-refractivity contribution in [3.63, 3.8) is 0 Å². The van der Waals surface area contributed by atoms with Crippen molar-refractivity contribution >= 4 is 29.5 Å². The Hall–Kier alpha value is -0.530. The average molecular weight is 188 g/mol. The molecule has 0 aromatic heterocycles. The predicted octanol–water partition coefficient (Wildman–Crippen LogP) is 2.74. The van der Waals surface area contributed by atoms with Gasteiger partial charge in [0.15, 0.2) is 0 Å². The molecule has 0 saturated carbocycles. The summed E-state index contributed by atoms with van der Waals surface area (Å²) < 4.78 is 0. The molecule has 0 atom stereocenters. The zero-order valence-corrected chi connectivity index (χ0v) is 7.06. The van der Waals surface area contributed by atoms with Gasteiger partial charge < -0.3 is 4.79 Å². The molecule has 1 aromatic carbocycles. The Morgan fingerprint density at radius 3 is 2.18 bits per heavy atom. The molecule has 0 fully saturated rings. The van der Waals surface area contributed by atoms with Crippen molar-refractivity contribution < 1.29 is 4.79 Å². The SMILES string of the molecule is O=C[CH]c1c(Cl)cccc1Cl. The number of halogens is 2. The fourth-order valence-electron chi connectivity index (χ4n) is 0.738. The van der Waals surface area contributed by atoms with Gasteiger partial charge in [0.1, 0.15) is 6.29 Å². The van der Waals surface area contributed by atoms with Gasteiger partial charge in [0.2, 0.25) is 0 Å². The number of carbonyl (C=O) groups is 1. The lowest BCUT2D eigenvalue weighted by atomic mass is 10.2. The smallest absolute Gasteiger partial charge is 0.128 e. The minimum atomic E-state index is 0.490. The van der Waals surface area contributed by atoms with Gasteiger partial charge in [-0.1, -0.05) is 29.3 Å². The highest BCUT2D eigenvalue weighted by atomic mass is 35.5. The zero-order chi connectivity index (χ0) is 8.27. The van der Waals surface area contributed by atoms with Crippen LogP contribution in [0.4, 0.5) is 0 Å². The van der Waals surface area contributed by atoms with E-state index in [1.54, 1.807) is 18.2 Å². The Morgan fingerprint density at radius 2 is 1.73 bits per heavy atom. The average Bonchev–Trinajstić information content (AvgIpc) is 1.97. The van der Waals surface area contributed by atoms with Gasteiger partial charge in [-0.3, -0.25) is 0 Å². The van der Waals surface area contributed by atoms with E-state index in [4.69, 9.17) is 23.2 Å². The number of carbonyl (C=O) groups excluding carboxylic acids is 1. The Labute approximate surface area is 74.9 Å². The van der Waals surface area contributed by atoms with Gasteiger partial charge >= 0.3 is 0 Å². The Bertz CT molecular complexity index is 251. The van der Waals surface area contributed by atoms with E-state index in [9.17, 15) is 4.79 Å². The van der Waals surface area contributed by atoms with E-state index in [1.165, 1.54) is 6.42 Å². The molecule has 1 aromatic rings. The molecule has 0 aliphatic heterocycles. The van der Waals surface area contributed by atoms with Gasteiger partial charge in [-0.25, -0.2) is 0 Å². The highest BCUT2D eigenvalue weighted by molar-refractivity contribution is 6.36. The lowest BCUT2D eigenvalue weighted by Gasteiger charge is -2.00. The van der Waals surface area contributed by atoms with Crippen LogP contribution in [0.1, 0.15) is 5.56 Å². The molecule has 0 N–H and O–H groups in total. The largest absolute Gasteiger partial charge is 0.303 e. The van der Waals surface area contributed by atoms with Crippen LogP contribution >= 0.6 is 23.2 Å². The molecule has 0 heterocycles. The van der Waals surface area contributed by atoms with Gasteiger partial charge in [0, 0.05) is 15.6 Å². The first kappa shape index (κ1) is 8.57. The fraction of sp³-hybridized carbons (Fsp3) is 0. The molecule has 0 aliphatic rings. The van der Waals surface area contributed by atoms with E-state index < -0.39 is 0 Å². The van der Waals surface area contributed by atoms with E-state index in [0.717, 1.165) is 0 Å². The first-order chi connectivity index (χ1) is 5.25. The van der Waals surface area contributed by atoms with Crippen molar-refractivity contribution in [3.05, 3.63) is 40.2 Å². The summed E-state index contributed by atoms with van der Waals surface area (Å²) in [7, 11) is 0. The zero-order valence-electron chi connectivity index (χ0n) is 5.55. The van der Waals surface area contributed by atoms with E-state index in [2.05, 4.69) is 0 Å². The summed E-state index contributed by atoms with van der Waals surface area (Å²) in [5.41, 5.74) is 0.575. The number of hydrogen-bond acceptors (Lipinski definition) is 1. The van der Waals surface area contributed by atoms with Crippen molar-refractivity contribution in [2.75, 3.05) is 0 Å². The summed E-state index contributed by atoms with van der Waals surface area (Å²) in [6.07, 6.45) is 2.00. The quantitative estimate of drug-likeness (QED) is 0.652. The summed E-state index contributed by atoms with van der Waals surface area (Å²) >= 11 is 11.5. The monoisotopic (exact) mass is 187 g/mol. The molecule has 0 aliphatic carbocycles. The van der Waals surface area contributed by atoms with Crippen molar-refractivity contribution in [2.24, 2.45) is 0 Å². The Morgan fingerprint density at radius 1 is 1.18 bits per heavy atom. The normalized spacial score (nSPS) is 9.64. The van der Waals surface area contributed by atoms with Crippen molar-refractivity contribution in [2.45, 2.75) is 0 Å². The lowest BCUT2D eigenvalue weighted by Crippen LogP contribution is -1.85. The molecule has 1 nitrogen and oxygen atoms in total. The van der Waals surface area contributed by atoms with Crippen LogP contribution in [0.25, 0.3) is 0 Å². The highest BCUT2D eigenvalue weighted by Crippen LogP contribution is 2.24. The van der Waals surface area contributed by atoms with Gasteiger partial charge in [0.25, 0.3) is 0 Å². The van der Waals surface area contributed by atoms with E-state index in [0.29, 0.717) is 21.9 Å². The minimum absolute atomic E-state index is 0.490. The summed E-state index contributed by atoms with van der Waals surface area (Å²) in [5.74, 6) is 0. The van der Waals surface area contributed by atoms with Gasteiger partial charge in [-0.05, 0) is 12.1 Å². The van der Waals surface area contributed by atoms with Crippen LogP contribution in [0.5, 0.6) is 0 Å². The third-order valence-corrected chi connectivity index (χ3v) is 1.89. The molecule has 1 rings (SSSR count). The molecule has 1 radical (unpaired) electrons. The number of rotatable bonds is 2. The predicted molar refractivity (Wildman–Crippen MR) is 45.9 cm³/mol. The molecule has 57 valence electrons. The van der Waals surface area contributed by atoms with Crippen molar-refractivity contribution in [3.8, 4) is 0 Å². The van der Waals surface area contributed by atoms with Crippen LogP contribution in [0.2, 0.25) is 10.0 Å². The first-order valence-electron chi connectivity index (χ1n) is 2.98. The second-order valence-electron chi connectivity index (χ2n) is 1.94. The standard InChI is InChI=1S/C8H5Cl2O/c9-7-2-1-3-8(10)6(7)4-5-11/h1-5H. The molecule has 0 saturated heterocycles. The fourth-order valence-corrected chi connectivity index (χ4v) is 1.26. The second kappa shape index (κ2) is 3.74. The highest BCUT2D eigenvalue weighted by Gasteiger charge is 2.03. The lowest BCUT2D eigenvalue weighted by molar-refractivity contribution is -0.104. The van der Waals surface area contributed by atoms with Gasteiger partial charge in [0.05, 0.1) is 6.42 Å². The summed E-state index contributed by atoms with van der Waals surface area (Å²) in [4.78, 5) is 10.1.